The van der Waals surface area contributed by atoms with Gasteiger partial charge in [0.15, 0.2) is 0 Å². The number of aromatic nitrogens is 2. The van der Waals surface area contributed by atoms with Gasteiger partial charge < -0.3 is 16.2 Å². The Balaban J connectivity index is 0.000000552. The van der Waals surface area contributed by atoms with Crippen LogP contribution in [0.15, 0.2) is 53.7 Å². The maximum absolute atomic E-state index is 9.16. The zero-order chi connectivity index (χ0) is 20.8. The number of nitriles is 1. The van der Waals surface area contributed by atoms with Gasteiger partial charge in [0, 0.05) is 30.6 Å². The number of carbonyl (C=O) groups is 1. The van der Waals surface area contributed by atoms with E-state index < -0.39 is 5.97 Å². The van der Waals surface area contributed by atoms with Crippen molar-refractivity contribution in [2.24, 2.45) is 4.99 Å². The first-order valence-corrected chi connectivity index (χ1v) is 8.68. The Morgan fingerprint density at radius 2 is 2.07 bits per heavy atom. The van der Waals surface area contributed by atoms with E-state index in [1.165, 1.54) is 0 Å². The van der Waals surface area contributed by atoms with E-state index in [4.69, 9.17) is 20.9 Å². The predicted molar refractivity (Wildman–Crippen MR) is 111 cm³/mol. The Morgan fingerprint density at radius 1 is 1.28 bits per heavy atom. The summed E-state index contributed by atoms with van der Waals surface area (Å²) in [5.41, 5.74) is 11.4. The molecule has 1 aliphatic heterocycles. The molecule has 3 aromatic rings. The third kappa shape index (κ3) is 4.93. The number of fused-ring (bicyclic) bond motifs is 1. The molecule has 0 amide bonds. The number of carboxylic acids is 1. The molecule has 144 valence electrons. The Bertz CT molecular complexity index is 1130. The molecule has 2 aromatic carbocycles. The first-order valence-electron chi connectivity index (χ1n) is 8.68. The van der Waals surface area contributed by atoms with E-state index in [1.54, 1.807) is 18.3 Å². The van der Waals surface area contributed by atoms with Crippen molar-refractivity contribution in [2.45, 2.75) is 13.5 Å². The van der Waals surface area contributed by atoms with Gasteiger partial charge in [0.2, 0.25) is 5.95 Å². The van der Waals surface area contributed by atoms with E-state index in [0.29, 0.717) is 17.9 Å². The summed E-state index contributed by atoms with van der Waals surface area (Å²) < 4.78 is 0. The number of aliphatic carboxylic acids is 1. The van der Waals surface area contributed by atoms with E-state index in [9.17, 15) is 0 Å². The van der Waals surface area contributed by atoms with Crippen molar-refractivity contribution in [2.75, 3.05) is 11.1 Å². The van der Waals surface area contributed by atoms with Crippen LogP contribution in [0, 0.1) is 11.3 Å². The summed E-state index contributed by atoms with van der Waals surface area (Å²) in [7, 11) is 0. The predicted octanol–water partition coefficient (Wildman–Crippen LogP) is 3.36. The van der Waals surface area contributed by atoms with Crippen molar-refractivity contribution in [1.29, 1.82) is 5.26 Å². The highest BCUT2D eigenvalue weighted by Gasteiger charge is 2.15. The van der Waals surface area contributed by atoms with Crippen LogP contribution in [-0.2, 0) is 11.3 Å². The van der Waals surface area contributed by atoms with Gasteiger partial charge in [-0.2, -0.15) is 10.2 Å². The molecule has 0 atom stereocenters. The second-order valence-electron chi connectivity index (χ2n) is 6.20. The second kappa shape index (κ2) is 8.63. The molecular formula is C21H18N6O2. The Labute approximate surface area is 167 Å². The van der Waals surface area contributed by atoms with Crippen LogP contribution in [-0.4, -0.2) is 27.3 Å². The standard InChI is InChI=1S/C19H14N6.C2H4O2/c20-9-12-2-1-3-13(6-12)16-8-15(7-14-10-22-11-17(14)16)24-18-4-5-23-19(21)25-18;1-2(3)4/h1-8,10H,11H2,(H3,21,23,24,25);1H3,(H,3,4). The molecule has 0 saturated heterocycles. The molecule has 8 nitrogen and oxygen atoms in total. The maximum atomic E-state index is 9.16. The Kier molecular flexibility index (Phi) is 5.80. The number of anilines is 3. The van der Waals surface area contributed by atoms with E-state index in [0.717, 1.165) is 34.9 Å². The molecule has 0 bridgehead atoms. The van der Waals surface area contributed by atoms with Crippen molar-refractivity contribution in [1.82, 2.24) is 9.97 Å². The third-order valence-corrected chi connectivity index (χ3v) is 4.01. The average molecular weight is 386 g/mol. The number of nitrogen functional groups attached to an aromatic ring is 1. The van der Waals surface area contributed by atoms with Gasteiger partial charge in [0.1, 0.15) is 5.82 Å². The SMILES string of the molecule is CC(=O)O.N#Cc1cccc(-c2cc(Nc3ccnc(N)n3)cc3c2CN=C3)c1. The molecule has 8 heteroatoms. The maximum Gasteiger partial charge on any atom is 0.300 e. The van der Waals surface area contributed by atoms with Crippen LogP contribution in [0.1, 0.15) is 23.6 Å². The van der Waals surface area contributed by atoms with Gasteiger partial charge in [0.05, 0.1) is 18.2 Å². The zero-order valence-corrected chi connectivity index (χ0v) is 15.6. The number of carboxylic acid groups (broad SMARTS) is 1. The van der Waals surface area contributed by atoms with Crippen LogP contribution in [0.2, 0.25) is 0 Å². The van der Waals surface area contributed by atoms with E-state index in [2.05, 4.69) is 26.3 Å². The van der Waals surface area contributed by atoms with Gasteiger partial charge >= 0.3 is 0 Å². The molecule has 0 fully saturated rings. The lowest BCUT2D eigenvalue weighted by atomic mass is 9.95. The Hall–Kier alpha value is -4.25. The fourth-order valence-corrected chi connectivity index (χ4v) is 2.90. The smallest absolute Gasteiger partial charge is 0.300 e. The van der Waals surface area contributed by atoms with Crippen LogP contribution in [0.25, 0.3) is 11.1 Å². The summed E-state index contributed by atoms with van der Waals surface area (Å²) in [5.74, 6) is 0.00813. The highest BCUT2D eigenvalue weighted by Crippen LogP contribution is 2.33. The minimum Gasteiger partial charge on any atom is -0.481 e. The Morgan fingerprint density at radius 3 is 2.79 bits per heavy atom. The summed E-state index contributed by atoms with van der Waals surface area (Å²) in [6.07, 6.45) is 3.48. The van der Waals surface area contributed by atoms with Gasteiger partial charge in [-0.15, -0.1) is 0 Å². The van der Waals surface area contributed by atoms with E-state index in [-0.39, 0.29) is 5.95 Å². The number of hydrogen-bond donors (Lipinski definition) is 3. The lowest BCUT2D eigenvalue weighted by Gasteiger charge is -2.13. The summed E-state index contributed by atoms with van der Waals surface area (Å²) >= 11 is 0. The largest absolute Gasteiger partial charge is 0.481 e. The average Bonchev–Trinajstić information content (AvgIpc) is 3.15. The number of nitrogens with one attached hydrogen (secondary N) is 1. The number of nitrogens with two attached hydrogens (primary N) is 1. The van der Waals surface area contributed by atoms with E-state index >= 15 is 0 Å². The molecule has 29 heavy (non-hydrogen) atoms. The fourth-order valence-electron chi connectivity index (χ4n) is 2.90. The zero-order valence-electron chi connectivity index (χ0n) is 15.6. The number of rotatable bonds is 3. The molecule has 4 rings (SSSR count). The molecule has 0 radical (unpaired) electrons. The van der Waals surface area contributed by atoms with Crippen molar-refractivity contribution >= 4 is 29.6 Å². The molecule has 1 aliphatic rings. The highest BCUT2D eigenvalue weighted by molar-refractivity contribution is 5.91. The minimum atomic E-state index is -0.833. The minimum absolute atomic E-state index is 0.217. The first kappa shape index (κ1) is 19.5. The summed E-state index contributed by atoms with van der Waals surface area (Å²) in [6, 6.07) is 15.6. The molecule has 4 N–H and O–H groups in total. The van der Waals surface area contributed by atoms with Crippen LogP contribution in [0.5, 0.6) is 0 Å². The van der Waals surface area contributed by atoms with Gasteiger partial charge in [-0.1, -0.05) is 12.1 Å². The van der Waals surface area contributed by atoms with Gasteiger partial charge in [-0.3, -0.25) is 9.79 Å². The third-order valence-electron chi connectivity index (χ3n) is 4.01. The molecule has 0 saturated carbocycles. The number of benzene rings is 2. The highest BCUT2D eigenvalue weighted by atomic mass is 16.4. The second-order valence-corrected chi connectivity index (χ2v) is 6.20. The van der Waals surface area contributed by atoms with Crippen molar-refractivity contribution in [3.63, 3.8) is 0 Å². The summed E-state index contributed by atoms with van der Waals surface area (Å²) in [4.78, 5) is 21.4. The van der Waals surface area contributed by atoms with Gasteiger partial charge in [0.25, 0.3) is 5.97 Å². The van der Waals surface area contributed by atoms with E-state index in [1.807, 2.05) is 36.5 Å². The summed E-state index contributed by atoms with van der Waals surface area (Å²) in [5, 5.41) is 19.8. The normalized spacial score (nSPS) is 11.0. The van der Waals surface area contributed by atoms with Gasteiger partial charge in [-0.25, -0.2) is 4.98 Å². The quantitative estimate of drug-likeness (QED) is 0.627. The molecule has 0 unspecified atom stereocenters. The van der Waals surface area contributed by atoms with Gasteiger partial charge in [-0.05, 0) is 47.0 Å². The van der Waals surface area contributed by atoms with Crippen molar-refractivity contribution < 1.29 is 9.90 Å². The lowest BCUT2D eigenvalue weighted by Crippen LogP contribution is -2.00. The molecular weight excluding hydrogens is 368 g/mol. The van der Waals surface area contributed by atoms with Crippen molar-refractivity contribution in [3.05, 3.63) is 65.4 Å². The number of aliphatic imine (C=N–C) groups is 1. The first-order chi connectivity index (χ1) is 14.0. The number of nitrogens with zero attached hydrogens (tertiary/aromatic N) is 4. The van der Waals surface area contributed by atoms with Crippen LogP contribution < -0.4 is 11.1 Å². The van der Waals surface area contributed by atoms with Crippen molar-refractivity contribution in [3.8, 4) is 17.2 Å². The molecule has 0 aliphatic carbocycles. The molecule has 1 aromatic heterocycles. The summed E-state index contributed by atoms with van der Waals surface area (Å²) in [6.45, 7) is 1.72. The monoisotopic (exact) mass is 386 g/mol. The molecule has 2 heterocycles. The molecule has 0 spiro atoms. The lowest BCUT2D eigenvalue weighted by molar-refractivity contribution is -0.134. The fraction of sp³-hybridized carbons (Fsp3) is 0.0952. The van der Waals surface area contributed by atoms with Crippen LogP contribution in [0.3, 0.4) is 0 Å². The van der Waals surface area contributed by atoms with Crippen LogP contribution >= 0.6 is 0 Å². The number of hydrogen-bond acceptors (Lipinski definition) is 7. The van der Waals surface area contributed by atoms with Crippen LogP contribution in [0.4, 0.5) is 17.5 Å². The topological polar surface area (TPSA) is 137 Å².